The summed E-state index contributed by atoms with van der Waals surface area (Å²) in [6.07, 6.45) is 1.36. The SMILES string of the molecule is CCCOc1cc(C)ccc1N1CC(N)CC1=O. The third-order valence-electron chi connectivity index (χ3n) is 3.02. The molecule has 0 aliphatic carbocycles. The lowest BCUT2D eigenvalue weighted by Gasteiger charge is -2.20. The molecule has 2 rings (SSSR count). The number of amides is 1. The fourth-order valence-electron chi connectivity index (χ4n) is 2.14. The third-order valence-corrected chi connectivity index (χ3v) is 3.02. The van der Waals surface area contributed by atoms with Crippen molar-refractivity contribution in [1.82, 2.24) is 0 Å². The van der Waals surface area contributed by atoms with Crippen LogP contribution in [0.2, 0.25) is 0 Å². The van der Waals surface area contributed by atoms with E-state index in [0.29, 0.717) is 19.6 Å². The number of carbonyl (C=O) groups is 1. The Balaban J connectivity index is 2.28. The van der Waals surface area contributed by atoms with Crippen LogP contribution in [0.25, 0.3) is 0 Å². The predicted octanol–water partition coefficient (Wildman–Crippen LogP) is 1.85. The molecule has 1 fully saturated rings. The first-order valence-corrected chi connectivity index (χ1v) is 6.41. The van der Waals surface area contributed by atoms with Gasteiger partial charge in [0.2, 0.25) is 5.91 Å². The fraction of sp³-hybridized carbons (Fsp3) is 0.500. The first-order valence-electron chi connectivity index (χ1n) is 6.41. The van der Waals surface area contributed by atoms with Gasteiger partial charge in [-0.05, 0) is 31.0 Å². The standard InChI is InChI=1S/C14H20N2O2/c1-3-6-18-13-7-10(2)4-5-12(13)16-9-11(15)8-14(16)17/h4-5,7,11H,3,6,8-9,15H2,1-2H3. The summed E-state index contributed by atoms with van der Waals surface area (Å²) in [4.78, 5) is 13.6. The van der Waals surface area contributed by atoms with Crippen LogP contribution in [-0.2, 0) is 4.79 Å². The van der Waals surface area contributed by atoms with Crippen LogP contribution in [0.1, 0.15) is 25.3 Å². The molecule has 98 valence electrons. The number of carbonyl (C=O) groups excluding carboxylic acids is 1. The summed E-state index contributed by atoms with van der Waals surface area (Å²) < 4.78 is 5.73. The summed E-state index contributed by atoms with van der Waals surface area (Å²) in [6.45, 7) is 5.31. The summed E-state index contributed by atoms with van der Waals surface area (Å²) >= 11 is 0. The first kappa shape index (κ1) is 12.9. The van der Waals surface area contributed by atoms with Gasteiger partial charge in [-0.2, -0.15) is 0 Å². The highest BCUT2D eigenvalue weighted by Crippen LogP contribution is 2.32. The van der Waals surface area contributed by atoms with Gasteiger partial charge in [-0.3, -0.25) is 4.79 Å². The fourth-order valence-corrected chi connectivity index (χ4v) is 2.14. The molecule has 1 aliphatic heterocycles. The Morgan fingerprint density at radius 3 is 2.89 bits per heavy atom. The van der Waals surface area contributed by atoms with Crippen LogP contribution >= 0.6 is 0 Å². The van der Waals surface area contributed by atoms with Gasteiger partial charge < -0.3 is 15.4 Å². The lowest BCUT2D eigenvalue weighted by Crippen LogP contribution is -2.28. The minimum Gasteiger partial charge on any atom is -0.491 e. The van der Waals surface area contributed by atoms with Gasteiger partial charge >= 0.3 is 0 Å². The Labute approximate surface area is 108 Å². The van der Waals surface area contributed by atoms with E-state index >= 15 is 0 Å². The maximum atomic E-state index is 11.9. The van der Waals surface area contributed by atoms with Gasteiger partial charge in [0.1, 0.15) is 5.75 Å². The van der Waals surface area contributed by atoms with Gasteiger partial charge in [0.15, 0.2) is 0 Å². The van der Waals surface area contributed by atoms with Crippen LogP contribution in [0.4, 0.5) is 5.69 Å². The molecule has 0 spiro atoms. The molecule has 4 nitrogen and oxygen atoms in total. The second kappa shape index (κ2) is 5.40. The van der Waals surface area contributed by atoms with E-state index in [4.69, 9.17) is 10.5 Å². The van der Waals surface area contributed by atoms with Gasteiger partial charge in [0, 0.05) is 19.0 Å². The molecule has 1 unspecified atom stereocenters. The smallest absolute Gasteiger partial charge is 0.228 e. The second-order valence-electron chi connectivity index (χ2n) is 4.79. The number of nitrogens with two attached hydrogens (primary N) is 1. The number of anilines is 1. The van der Waals surface area contributed by atoms with Crippen molar-refractivity contribution in [3.8, 4) is 5.75 Å². The van der Waals surface area contributed by atoms with Crippen molar-refractivity contribution in [1.29, 1.82) is 0 Å². The van der Waals surface area contributed by atoms with Gasteiger partial charge in [-0.1, -0.05) is 13.0 Å². The van der Waals surface area contributed by atoms with Crippen LogP contribution in [0, 0.1) is 6.92 Å². The first-order chi connectivity index (χ1) is 8.61. The molecule has 0 radical (unpaired) electrons. The number of benzene rings is 1. The molecular formula is C14H20N2O2. The van der Waals surface area contributed by atoms with Crippen LogP contribution < -0.4 is 15.4 Å². The molecule has 1 amide bonds. The molecule has 4 heteroatoms. The number of aryl methyl sites for hydroxylation is 1. The molecule has 0 saturated carbocycles. The largest absolute Gasteiger partial charge is 0.491 e. The number of rotatable bonds is 4. The maximum absolute atomic E-state index is 11.9. The number of ether oxygens (including phenoxy) is 1. The van der Waals surface area contributed by atoms with Crippen LogP contribution in [0.5, 0.6) is 5.75 Å². The van der Waals surface area contributed by atoms with Crippen molar-refractivity contribution >= 4 is 11.6 Å². The van der Waals surface area contributed by atoms with E-state index in [0.717, 1.165) is 23.4 Å². The van der Waals surface area contributed by atoms with E-state index in [1.165, 1.54) is 0 Å². The van der Waals surface area contributed by atoms with Crippen molar-refractivity contribution < 1.29 is 9.53 Å². The molecule has 1 aromatic carbocycles. The molecule has 1 atom stereocenters. The van der Waals surface area contributed by atoms with Crippen LogP contribution in [0.3, 0.4) is 0 Å². The number of hydrogen-bond donors (Lipinski definition) is 1. The highest BCUT2D eigenvalue weighted by Gasteiger charge is 2.29. The maximum Gasteiger partial charge on any atom is 0.228 e. The Kier molecular flexibility index (Phi) is 3.87. The van der Waals surface area contributed by atoms with E-state index in [9.17, 15) is 4.79 Å². The third kappa shape index (κ3) is 2.64. The van der Waals surface area contributed by atoms with Crippen molar-refractivity contribution in [2.24, 2.45) is 5.73 Å². The van der Waals surface area contributed by atoms with E-state index in [1.54, 1.807) is 4.90 Å². The van der Waals surface area contributed by atoms with Crippen LogP contribution in [0.15, 0.2) is 18.2 Å². The summed E-state index contributed by atoms with van der Waals surface area (Å²) in [5, 5.41) is 0. The summed E-state index contributed by atoms with van der Waals surface area (Å²) in [7, 11) is 0. The van der Waals surface area contributed by atoms with E-state index < -0.39 is 0 Å². The number of hydrogen-bond acceptors (Lipinski definition) is 3. The molecule has 2 N–H and O–H groups in total. The minimum absolute atomic E-state index is 0.0715. The normalized spacial score (nSPS) is 19.4. The molecule has 1 aliphatic rings. The summed E-state index contributed by atoms with van der Waals surface area (Å²) in [6, 6.07) is 5.83. The van der Waals surface area contributed by atoms with Crippen molar-refractivity contribution in [3.05, 3.63) is 23.8 Å². The highest BCUT2D eigenvalue weighted by atomic mass is 16.5. The molecular weight excluding hydrogens is 228 g/mol. The Morgan fingerprint density at radius 1 is 1.50 bits per heavy atom. The van der Waals surface area contributed by atoms with Gasteiger partial charge in [-0.15, -0.1) is 0 Å². The topological polar surface area (TPSA) is 55.6 Å². The molecule has 1 saturated heterocycles. The van der Waals surface area contributed by atoms with E-state index in [2.05, 4.69) is 6.92 Å². The summed E-state index contributed by atoms with van der Waals surface area (Å²) in [5.74, 6) is 0.854. The van der Waals surface area contributed by atoms with E-state index in [1.807, 2.05) is 25.1 Å². The quantitative estimate of drug-likeness (QED) is 0.884. The zero-order valence-electron chi connectivity index (χ0n) is 11.0. The predicted molar refractivity (Wildman–Crippen MR) is 71.9 cm³/mol. The lowest BCUT2D eigenvalue weighted by atomic mass is 10.2. The van der Waals surface area contributed by atoms with Gasteiger partial charge in [0.05, 0.1) is 12.3 Å². The zero-order chi connectivity index (χ0) is 13.1. The molecule has 0 aromatic heterocycles. The molecule has 18 heavy (non-hydrogen) atoms. The van der Waals surface area contributed by atoms with Crippen molar-refractivity contribution in [3.63, 3.8) is 0 Å². The second-order valence-corrected chi connectivity index (χ2v) is 4.79. The van der Waals surface area contributed by atoms with Gasteiger partial charge in [0.25, 0.3) is 0 Å². The Morgan fingerprint density at radius 2 is 2.28 bits per heavy atom. The number of nitrogens with zero attached hydrogens (tertiary/aromatic N) is 1. The zero-order valence-corrected chi connectivity index (χ0v) is 11.0. The summed E-state index contributed by atoms with van der Waals surface area (Å²) in [5.41, 5.74) is 7.80. The average molecular weight is 248 g/mol. The lowest BCUT2D eigenvalue weighted by molar-refractivity contribution is -0.117. The average Bonchev–Trinajstić information content (AvgIpc) is 2.66. The Bertz CT molecular complexity index is 445. The monoisotopic (exact) mass is 248 g/mol. The Hall–Kier alpha value is -1.55. The van der Waals surface area contributed by atoms with Crippen LogP contribution in [-0.4, -0.2) is 25.1 Å². The molecule has 1 heterocycles. The molecule has 1 aromatic rings. The van der Waals surface area contributed by atoms with Gasteiger partial charge in [-0.25, -0.2) is 0 Å². The molecule has 0 bridgehead atoms. The highest BCUT2D eigenvalue weighted by molar-refractivity contribution is 5.97. The van der Waals surface area contributed by atoms with Crippen molar-refractivity contribution in [2.45, 2.75) is 32.7 Å². The minimum atomic E-state index is -0.0715. The van der Waals surface area contributed by atoms with E-state index in [-0.39, 0.29) is 11.9 Å². The van der Waals surface area contributed by atoms with Crippen molar-refractivity contribution in [2.75, 3.05) is 18.1 Å².